The second-order valence-electron chi connectivity index (χ2n) is 9.12. The van der Waals surface area contributed by atoms with Crippen molar-refractivity contribution in [2.24, 2.45) is 4.99 Å². The Kier molecular flexibility index (Phi) is 8.64. The summed E-state index contributed by atoms with van der Waals surface area (Å²) in [4.78, 5) is 42.7. The molecule has 0 unspecified atom stereocenters. The molecule has 2 heterocycles. The predicted octanol–water partition coefficient (Wildman–Crippen LogP) is 4.69. The lowest BCUT2D eigenvalue weighted by Crippen LogP contribution is -2.39. The number of ether oxygens (including phenoxy) is 2. The van der Waals surface area contributed by atoms with Crippen molar-refractivity contribution < 1.29 is 24.2 Å². The van der Waals surface area contributed by atoms with E-state index in [-0.39, 0.29) is 28.0 Å². The monoisotopic (exact) mass is 588 g/mol. The Hall–Kier alpha value is -3.40. The van der Waals surface area contributed by atoms with Crippen LogP contribution in [0.5, 0.6) is 5.75 Å². The van der Waals surface area contributed by atoms with Gasteiger partial charge < -0.3 is 14.6 Å². The maximum atomic E-state index is 13.8. The number of hydrogen-bond donors (Lipinski definition) is 1. The van der Waals surface area contributed by atoms with Crippen LogP contribution in [-0.4, -0.2) is 34.8 Å². The Bertz CT molecular complexity index is 1630. The van der Waals surface area contributed by atoms with E-state index in [1.807, 2.05) is 24.3 Å². The van der Waals surface area contributed by atoms with Gasteiger partial charge in [0.15, 0.2) is 17.2 Å². The van der Waals surface area contributed by atoms with E-state index in [1.54, 1.807) is 19.9 Å². The molecule has 39 heavy (non-hydrogen) atoms. The van der Waals surface area contributed by atoms with E-state index in [2.05, 4.69) is 18.8 Å². The second kappa shape index (κ2) is 11.8. The van der Waals surface area contributed by atoms with Crippen LogP contribution < -0.4 is 19.6 Å². The minimum absolute atomic E-state index is 0.0406. The van der Waals surface area contributed by atoms with Crippen molar-refractivity contribution in [3.05, 3.63) is 94.1 Å². The quantitative estimate of drug-likeness (QED) is 0.382. The first-order chi connectivity index (χ1) is 18.5. The van der Waals surface area contributed by atoms with Gasteiger partial charge in [-0.2, -0.15) is 0 Å². The predicted molar refractivity (Wildman–Crippen MR) is 151 cm³/mol. The third-order valence-electron chi connectivity index (χ3n) is 6.09. The fraction of sp³-hybridized carbons (Fsp3) is 0.286. The summed E-state index contributed by atoms with van der Waals surface area (Å²) in [5, 5.41) is 9.07. The molecule has 1 N–H and O–H groups in total. The zero-order chi connectivity index (χ0) is 28.4. The Balaban J connectivity index is 1.86. The lowest BCUT2D eigenvalue weighted by molar-refractivity contribution is -0.140. The molecule has 204 valence electrons. The Morgan fingerprint density at radius 1 is 1.18 bits per heavy atom. The van der Waals surface area contributed by atoms with E-state index in [9.17, 15) is 14.4 Å². The number of esters is 1. The van der Waals surface area contributed by atoms with Crippen LogP contribution in [0.1, 0.15) is 56.3 Å². The number of aliphatic carboxylic acids is 1. The largest absolute Gasteiger partial charge is 0.479 e. The molecule has 0 bridgehead atoms. The van der Waals surface area contributed by atoms with Crippen LogP contribution >= 0.6 is 34.5 Å². The first-order valence-electron chi connectivity index (χ1n) is 12.1. The SMILES string of the molecule is CCOC(=O)C1=C(C)N=c2s/c(=C\c3cc(Cl)c(OCC(=O)O)c(Cl)c3)c(=O)n2[C@H]1c1ccc(C(C)C)cc1. The molecule has 8 nitrogen and oxygen atoms in total. The average molecular weight is 589 g/mol. The standard InChI is InChI=1S/C28H26Cl2N2O6S/c1-5-37-27(36)23-15(4)31-28-32(24(23)18-8-6-17(7-9-18)14(2)3)26(35)21(39-28)12-16-10-19(29)25(20(30)11-16)38-13-22(33)34/h6-12,14,24H,5,13H2,1-4H3,(H,33,34)/b21-12-/t24-/m0/s1. The van der Waals surface area contributed by atoms with Crippen molar-refractivity contribution in [3.63, 3.8) is 0 Å². The number of carboxylic acids is 1. The number of thiazole rings is 1. The van der Waals surface area contributed by atoms with E-state index < -0.39 is 24.6 Å². The molecule has 1 aliphatic rings. The molecule has 4 rings (SSSR count). The molecule has 0 saturated heterocycles. The molecule has 11 heteroatoms. The number of aromatic nitrogens is 1. The lowest BCUT2D eigenvalue weighted by Gasteiger charge is -2.25. The number of allylic oxidation sites excluding steroid dienone is 1. The number of carbonyl (C=O) groups is 2. The number of carbonyl (C=O) groups excluding carboxylic acids is 1. The summed E-state index contributed by atoms with van der Waals surface area (Å²) in [6.07, 6.45) is 1.62. The van der Waals surface area contributed by atoms with Gasteiger partial charge in [-0.1, -0.05) is 72.7 Å². The Morgan fingerprint density at radius 3 is 2.38 bits per heavy atom. The van der Waals surface area contributed by atoms with E-state index in [1.165, 1.54) is 28.0 Å². The Labute approximate surface area is 238 Å². The summed E-state index contributed by atoms with van der Waals surface area (Å²) in [5.74, 6) is -1.33. The zero-order valence-corrected chi connectivity index (χ0v) is 24.0. The number of benzene rings is 2. The molecule has 0 saturated carbocycles. The summed E-state index contributed by atoms with van der Waals surface area (Å²) in [7, 11) is 0. The van der Waals surface area contributed by atoms with Gasteiger partial charge in [-0.25, -0.2) is 14.6 Å². The van der Waals surface area contributed by atoms with Crippen LogP contribution in [0.2, 0.25) is 10.0 Å². The number of rotatable bonds is 8. The third kappa shape index (κ3) is 5.95. The number of hydrogen-bond acceptors (Lipinski definition) is 7. The highest BCUT2D eigenvalue weighted by Crippen LogP contribution is 2.35. The van der Waals surface area contributed by atoms with Gasteiger partial charge in [0.25, 0.3) is 5.56 Å². The minimum atomic E-state index is -1.17. The van der Waals surface area contributed by atoms with Gasteiger partial charge in [-0.3, -0.25) is 9.36 Å². The van der Waals surface area contributed by atoms with Crippen LogP contribution in [0.3, 0.4) is 0 Å². The van der Waals surface area contributed by atoms with Crippen LogP contribution in [0.15, 0.2) is 57.5 Å². The lowest BCUT2D eigenvalue weighted by atomic mass is 9.93. The summed E-state index contributed by atoms with van der Waals surface area (Å²) in [5.41, 5.74) is 2.84. The van der Waals surface area contributed by atoms with Crippen LogP contribution in [0.4, 0.5) is 0 Å². The minimum Gasteiger partial charge on any atom is -0.479 e. The molecule has 0 spiro atoms. The summed E-state index contributed by atoms with van der Waals surface area (Å²) < 4.78 is 12.4. The molecule has 1 aromatic heterocycles. The van der Waals surface area contributed by atoms with Crippen LogP contribution in [0.25, 0.3) is 6.08 Å². The molecule has 0 aliphatic carbocycles. The van der Waals surface area contributed by atoms with Gasteiger partial charge in [0.2, 0.25) is 0 Å². The van der Waals surface area contributed by atoms with Gasteiger partial charge in [-0.15, -0.1) is 0 Å². The fourth-order valence-electron chi connectivity index (χ4n) is 4.26. The van der Waals surface area contributed by atoms with Crippen LogP contribution in [0, 0.1) is 0 Å². The van der Waals surface area contributed by atoms with Gasteiger partial charge >= 0.3 is 11.9 Å². The van der Waals surface area contributed by atoms with Crippen molar-refractivity contribution in [1.82, 2.24) is 4.57 Å². The van der Waals surface area contributed by atoms with Crippen LogP contribution in [-0.2, 0) is 14.3 Å². The van der Waals surface area contributed by atoms with Crippen molar-refractivity contribution >= 4 is 52.6 Å². The van der Waals surface area contributed by atoms with E-state index in [0.717, 1.165) is 11.1 Å². The highest BCUT2D eigenvalue weighted by atomic mass is 35.5. The molecule has 1 aliphatic heterocycles. The van der Waals surface area contributed by atoms with Crippen molar-refractivity contribution in [1.29, 1.82) is 0 Å². The molecule has 0 radical (unpaired) electrons. The third-order valence-corrected chi connectivity index (χ3v) is 7.64. The highest BCUT2D eigenvalue weighted by Gasteiger charge is 2.33. The summed E-state index contributed by atoms with van der Waals surface area (Å²) >= 11 is 13.7. The van der Waals surface area contributed by atoms with Gasteiger partial charge in [-0.05, 0) is 54.7 Å². The maximum Gasteiger partial charge on any atom is 0.341 e. The number of halogens is 2. The van der Waals surface area contributed by atoms with E-state index in [4.69, 9.17) is 37.8 Å². The van der Waals surface area contributed by atoms with Crippen molar-refractivity contribution in [2.45, 2.75) is 39.7 Å². The molecular formula is C28H26Cl2N2O6S. The Morgan fingerprint density at radius 2 is 1.82 bits per heavy atom. The maximum absolute atomic E-state index is 13.8. The molecule has 2 aromatic carbocycles. The second-order valence-corrected chi connectivity index (χ2v) is 10.9. The average Bonchev–Trinajstić information content (AvgIpc) is 3.16. The first kappa shape index (κ1) is 28.6. The molecule has 0 amide bonds. The van der Waals surface area contributed by atoms with E-state index in [0.29, 0.717) is 32.1 Å². The number of nitrogens with zero attached hydrogens (tertiary/aromatic N) is 2. The first-order valence-corrected chi connectivity index (χ1v) is 13.7. The molecule has 1 atom stereocenters. The van der Waals surface area contributed by atoms with Crippen molar-refractivity contribution in [3.8, 4) is 5.75 Å². The normalized spacial score (nSPS) is 15.3. The number of carboxylic acid groups (broad SMARTS) is 1. The van der Waals surface area contributed by atoms with Gasteiger partial charge in [0.1, 0.15) is 0 Å². The molecule has 0 fully saturated rings. The smallest absolute Gasteiger partial charge is 0.341 e. The summed E-state index contributed by atoms with van der Waals surface area (Å²) in [6, 6.07) is 10.2. The van der Waals surface area contributed by atoms with Gasteiger partial charge in [0, 0.05) is 0 Å². The van der Waals surface area contributed by atoms with Crippen molar-refractivity contribution in [2.75, 3.05) is 13.2 Å². The van der Waals surface area contributed by atoms with Gasteiger partial charge in [0.05, 0.1) is 38.5 Å². The topological polar surface area (TPSA) is 107 Å². The number of fused-ring (bicyclic) bond motifs is 1. The fourth-order valence-corrected chi connectivity index (χ4v) is 5.92. The van der Waals surface area contributed by atoms with E-state index >= 15 is 0 Å². The zero-order valence-electron chi connectivity index (χ0n) is 21.7. The molecular weight excluding hydrogens is 563 g/mol. The summed E-state index contributed by atoms with van der Waals surface area (Å²) in [6.45, 7) is 7.23. The molecule has 3 aromatic rings. The highest BCUT2D eigenvalue weighted by molar-refractivity contribution is 7.07.